The maximum atomic E-state index is 13.4. The van der Waals surface area contributed by atoms with Gasteiger partial charge in [-0.15, -0.1) is 0 Å². The third-order valence-corrected chi connectivity index (χ3v) is 7.93. The van der Waals surface area contributed by atoms with Crippen molar-refractivity contribution >= 4 is 50.7 Å². The number of nitrogens with one attached hydrogen (secondary N) is 1. The molecule has 0 fully saturated rings. The molecule has 1 N–H and O–H groups in total. The number of carbonyl (C=O) groups excluding carboxylic acids is 2. The zero-order valence-electron chi connectivity index (χ0n) is 21.4. The molecule has 0 bridgehead atoms. The predicted octanol–water partition coefficient (Wildman–Crippen LogP) is 5.18. The molecule has 0 unspecified atom stereocenters. The van der Waals surface area contributed by atoms with Crippen molar-refractivity contribution in [1.82, 2.24) is 10.2 Å². The van der Waals surface area contributed by atoms with Crippen molar-refractivity contribution in [3.63, 3.8) is 0 Å². The summed E-state index contributed by atoms with van der Waals surface area (Å²) in [5, 5.41) is 3.71. The molecule has 10 heteroatoms. The van der Waals surface area contributed by atoms with Crippen LogP contribution < -0.4 is 9.62 Å². The highest BCUT2D eigenvalue weighted by Gasteiger charge is 2.28. The molecular formula is C26H35Cl2N3O4S. The molecule has 7 nitrogen and oxygen atoms in total. The van der Waals surface area contributed by atoms with E-state index in [4.69, 9.17) is 23.2 Å². The molecule has 0 aliphatic rings. The minimum atomic E-state index is -3.55. The molecule has 198 valence electrons. The highest BCUT2D eigenvalue weighted by atomic mass is 35.5. The van der Waals surface area contributed by atoms with E-state index in [1.807, 2.05) is 32.9 Å². The van der Waals surface area contributed by atoms with Gasteiger partial charge in [-0.05, 0) is 57.9 Å². The van der Waals surface area contributed by atoms with Crippen molar-refractivity contribution in [3.8, 4) is 0 Å². The number of aryl methyl sites for hydroxylation is 1. The first-order valence-corrected chi connectivity index (χ1v) is 14.5. The van der Waals surface area contributed by atoms with Gasteiger partial charge in [0.05, 0.1) is 11.9 Å². The fraction of sp³-hybridized carbons (Fsp3) is 0.462. The number of amides is 2. The van der Waals surface area contributed by atoms with Gasteiger partial charge in [0.2, 0.25) is 21.8 Å². The Kier molecular flexibility index (Phi) is 11.1. The molecule has 36 heavy (non-hydrogen) atoms. The molecule has 0 heterocycles. The summed E-state index contributed by atoms with van der Waals surface area (Å²) in [5.74, 6) is -0.576. The summed E-state index contributed by atoms with van der Waals surface area (Å²) in [4.78, 5) is 27.7. The van der Waals surface area contributed by atoms with Crippen LogP contribution in [0.3, 0.4) is 0 Å². The summed E-state index contributed by atoms with van der Waals surface area (Å²) >= 11 is 12.7. The van der Waals surface area contributed by atoms with Crippen molar-refractivity contribution in [3.05, 3.63) is 63.6 Å². The van der Waals surface area contributed by atoms with Crippen LogP contribution in [0.1, 0.15) is 51.2 Å². The van der Waals surface area contributed by atoms with Gasteiger partial charge in [0, 0.05) is 41.2 Å². The third-order valence-electron chi connectivity index (χ3n) is 6.03. The molecule has 0 aliphatic heterocycles. The van der Waals surface area contributed by atoms with Gasteiger partial charge in [-0.1, -0.05) is 53.9 Å². The predicted molar refractivity (Wildman–Crippen MR) is 147 cm³/mol. The number of anilines is 1. The van der Waals surface area contributed by atoms with E-state index in [1.165, 1.54) is 9.21 Å². The number of benzene rings is 2. The molecule has 2 aromatic rings. The maximum absolute atomic E-state index is 13.4. The molecule has 0 aliphatic carbocycles. The number of hydrogen-bond acceptors (Lipinski definition) is 4. The van der Waals surface area contributed by atoms with Gasteiger partial charge in [-0.2, -0.15) is 0 Å². The number of nitrogens with zero attached hydrogens (tertiary/aromatic N) is 2. The Morgan fingerprint density at radius 1 is 1.03 bits per heavy atom. The molecule has 2 atom stereocenters. The average Bonchev–Trinajstić information content (AvgIpc) is 2.81. The Balaban J connectivity index is 2.22. The smallest absolute Gasteiger partial charge is 0.242 e. The van der Waals surface area contributed by atoms with Crippen molar-refractivity contribution < 1.29 is 18.0 Å². The molecule has 2 amide bonds. The second-order valence-electron chi connectivity index (χ2n) is 8.99. The third kappa shape index (κ3) is 8.39. The van der Waals surface area contributed by atoms with Crippen LogP contribution in [0.4, 0.5) is 5.69 Å². The van der Waals surface area contributed by atoms with Crippen LogP contribution in [0.25, 0.3) is 0 Å². The highest BCUT2D eigenvalue weighted by molar-refractivity contribution is 7.92. The van der Waals surface area contributed by atoms with Crippen LogP contribution >= 0.6 is 23.2 Å². The average molecular weight is 557 g/mol. The topological polar surface area (TPSA) is 86.8 Å². The van der Waals surface area contributed by atoms with E-state index < -0.39 is 16.1 Å². The molecular weight excluding hydrogens is 521 g/mol. The Hall–Kier alpha value is -2.29. The summed E-state index contributed by atoms with van der Waals surface area (Å²) in [6, 6.07) is 11.4. The van der Waals surface area contributed by atoms with Gasteiger partial charge < -0.3 is 10.2 Å². The number of sulfonamides is 1. The number of halogens is 2. The normalized spacial score (nSPS) is 13.1. The monoisotopic (exact) mass is 555 g/mol. The van der Waals surface area contributed by atoms with Crippen LogP contribution in [0.5, 0.6) is 0 Å². The number of hydrogen-bond donors (Lipinski definition) is 1. The van der Waals surface area contributed by atoms with Crippen molar-refractivity contribution in [2.45, 2.75) is 65.6 Å². The molecule has 0 aromatic heterocycles. The van der Waals surface area contributed by atoms with Gasteiger partial charge in [-0.3, -0.25) is 13.9 Å². The van der Waals surface area contributed by atoms with Crippen molar-refractivity contribution in [1.29, 1.82) is 0 Å². The van der Waals surface area contributed by atoms with Crippen molar-refractivity contribution in [2.24, 2.45) is 0 Å². The lowest BCUT2D eigenvalue weighted by Crippen LogP contribution is -2.49. The first kappa shape index (κ1) is 29.9. The summed E-state index contributed by atoms with van der Waals surface area (Å²) in [6.07, 6.45) is 2.21. The maximum Gasteiger partial charge on any atom is 0.242 e. The standard InChI is InChI=1S/C26H35Cl2N3O4S/c1-6-19(3)29-26(33)20(4)30(17-22-23(27)9-7-10-24(22)28)25(32)11-8-16-31(36(5,34)35)21-14-12-18(2)13-15-21/h7,9-10,12-15,19-20H,6,8,11,16-17H2,1-5H3,(H,29,33)/t19-,20+/m1/s1. The molecule has 0 saturated carbocycles. The molecule has 0 radical (unpaired) electrons. The largest absolute Gasteiger partial charge is 0.352 e. The zero-order chi connectivity index (χ0) is 27.0. The van der Waals surface area contributed by atoms with E-state index >= 15 is 0 Å². The van der Waals surface area contributed by atoms with Gasteiger partial charge >= 0.3 is 0 Å². The quantitative estimate of drug-likeness (QED) is 0.391. The first-order valence-electron chi connectivity index (χ1n) is 11.9. The van der Waals surface area contributed by atoms with Gasteiger partial charge in [-0.25, -0.2) is 8.42 Å². The SMILES string of the molecule is CC[C@@H](C)NC(=O)[C@H](C)N(Cc1c(Cl)cccc1Cl)C(=O)CCCN(c1ccc(C)cc1)S(C)(=O)=O. The van der Waals surface area contributed by atoms with E-state index in [0.29, 0.717) is 21.3 Å². The Morgan fingerprint density at radius 3 is 2.14 bits per heavy atom. The number of rotatable bonds is 12. The Morgan fingerprint density at radius 2 is 1.61 bits per heavy atom. The van der Waals surface area contributed by atoms with E-state index in [0.717, 1.165) is 18.2 Å². The van der Waals surface area contributed by atoms with Crippen LogP contribution in [-0.2, 0) is 26.2 Å². The van der Waals surface area contributed by atoms with Crippen LogP contribution in [-0.4, -0.2) is 50.0 Å². The fourth-order valence-electron chi connectivity index (χ4n) is 3.62. The lowest BCUT2D eigenvalue weighted by Gasteiger charge is -2.30. The summed E-state index contributed by atoms with van der Waals surface area (Å²) in [5.41, 5.74) is 2.10. The van der Waals surface area contributed by atoms with E-state index in [9.17, 15) is 18.0 Å². The molecule has 2 rings (SSSR count). The molecule has 2 aromatic carbocycles. The van der Waals surface area contributed by atoms with Crippen LogP contribution in [0, 0.1) is 6.92 Å². The minimum Gasteiger partial charge on any atom is -0.352 e. The lowest BCUT2D eigenvalue weighted by molar-refractivity contribution is -0.140. The van der Waals surface area contributed by atoms with E-state index in [1.54, 1.807) is 37.3 Å². The van der Waals surface area contributed by atoms with E-state index in [-0.39, 0.29) is 43.8 Å². The Bertz CT molecular complexity index is 1140. The van der Waals surface area contributed by atoms with E-state index in [2.05, 4.69) is 5.32 Å². The molecule has 0 spiro atoms. The summed E-state index contributed by atoms with van der Waals surface area (Å²) in [7, 11) is -3.55. The van der Waals surface area contributed by atoms with Crippen LogP contribution in [0.2, 0.25) is 10.0 Å². The first-order chi connectivity index (χ1) is 16.8. The fourth-order valence-corrected chi connectivity index (χ4v) is 5.10. The number of carbonyl (C=O) groups is 2. The highest BCUT2D eigenvalue weighted by Crippen LogP contribution is 2.27. The van der Waals surface area contributed by atoms with Gasteiger partial charge in [0.15, 0.2) is 0 Å². The minimum absolute atomic E-state index is 0.0426. The summed E-state index contributed by atoms with van der Waals surface area (Å²) < 4.78 is 26.1. The van der Waals surface area contributed by atoms with Gasteiger partial charge in [0.1, 0.15) is 6.04 Å². The zero-order valence-corrected chi connectivity index (χ0v) is 23.8. The second kappa shape index (κ2) is 13.3. The molecule has 0 saturated heterocycles. The second-order valence-corrected chi connectivity index (χ2v) is 11.7. The Labute approximate surface area is 224 Å². The van der Waals surface area contributed by atoms with Crippen molar-refractivity contribution in [2.75, 3.05) is 17.1 Å². The van der Waals surface area contributed by atoms with Crippen LogP contribution in [0.15, 0.2) is 42.5 Å². The summed E-state index contributed by atoms with van der Waals surface area (Å²) in [6.45, 7) is 7.62. The van der Waals surface area contributed by atoms with Gasteiger partial charge in [0.25, 0.3) is 0 Å². The lowest BCUT2D eigenvalue weighted by atomic mass is 10.1.